The Morgan fingerprint density at radius 1 is 0.392 bits per heavy atom. The summed E-state index contributed by atoms with van der Waals surface area (Å²) in [5.74, 6) is 0.535. The molecule has 2 nitrogen and oxygen atoms in total. The van der Waals surface area contributed by atoms with E-state index in [0.717, 1.165) is 38.5 Å². The van der Waals surface area contributed by atoms with Crippen LogP contribution < -0.4 is 5.32 Å². The lowest BCUT2D eigenvalue weighted by molar-refractivity contribution is -0.126. The Labute approximate surface area is 321 Å². The molecule has 298 valence electrons. The Morgan fingerprint density at radius 3 is 1.12 bits per heavy atom. The van der Waals surface area contributed by atoms with Crippen molar-refractivity contribution >= 4 is 5.91 Å². The third-order valence-electron chi connectivity index (χ3n) is 10.6. The number of amides is 1. The lowest BCUT2D eigenvalue weighted by Crippen LogP contribution is -2.39. The lowest BCUT2D eigenvalue weighted by Gasteiger charge is -2.22. The summed E-state index contributed by atoms with van der Waals surface area (Å²) in [6.45, 7) is 8.99. The molecule has 1 N–H and O–H groups in total. The van der Waals surface area contributed by atoms with Crippen LogP contribution in [0.4, 0.5) is 0 Å². The third kappa shape index (κ3) is 38.0. The van der Waals surface area contributed by atoms with Crippen LogP contribution in [-0.4, -0.2) is 11.9 Å². The molecular formula is C49H91NO. The fourth-order valence-electron chi connectivity index (χ4n) is 7.06. The predicted molar refractivity (Wildman–Crippen MR) is 232 cm³/mol. The minimum atomic E-state index is 0.200. The van der Waals surface area contributed by atoms with Gasteiger partial charge in [0.1, 0.15) is 0 Å². The molecule has 0 aliphatic heterocycles. The van der Waals surface area contributed by atoms with E-state index in [9.17, 15) is 4.79 Å². The van der Waals surface area contributed by atoms with Crippen LogP contribution in [0, 0.1) is 5.92 Å². The van der Waals surface area contributed by atoms with E-state index in [2.05, 4.69) is 81.6 Å². The van der Waals surface area contributed by atoms with Gasteiger partial charge in [0.05, 0.1) is 0 Å². The van der Waals surface area contributed by atoms with E-state index in [1.807, 2.05) is 0 Å². The number of unbranched alkanes of at least 4 members (excludes halogenated alkanes) is 23. The van der Waals surface area contributed by atoms with Gasteiger partial charge in [-0.1, -0.05) is 205 Å². The molecular weight excluding hydrogens is 619 g/mol. The van der Waals surface area contributed by atoms with Gasteiger partial charge in [0.25, 0.3) is 0 Å². The summed E-state index contributed by atoms with van der Waals surface area (Å²) in [6.07, 6.45) is 62.2. The molecule has 2 atom stereocenters. The topological polar surface area (TPSA) is 29.1 Å². The van der Waals surface area contributed by atoms with Gasteiger partial charge < -0.3 is 5.32 Å². The monoisotopic (exact) mass is 710 g/mol. The SMILES string of the molecule is CCCCC/C=C\C/C=C\CCCCCCCCCC(CCCCCCCC/C=C\C/C=C\CCCCCCC)NC(=O)C(CC)CCCCC. The molecule has 0 aromatic carbocycles. The zero-order valence-electron chi connectivity index (χ0n) is 35.2. The molecule has 0 heterocycles. The standard InChI is InChI=1S/C49H91NO/c1-5-9-12-14-16-18-20-22-24-26-28-30-32-34-36-38-40-43-46-48(50-49(51)47(8-4)44-41-11-7-3)45-42-39-37-35-33-31-29-27-25-23-21-19-17-15-13-10-6-2/h17,19-20,22-23,25-26,28,47-48H,5-16,18,21,24,27,29-46H2,1-4H3,(H,50,51)/b19-17-,22-20-,25-23-,28-26-. The summed E-state index contributed by atoms with van der Waals surface area (Å²) in [4.78, 5) is 13.2. The van der Waals surface area contributed by atoms with E-state index in [1.165, 1.54) is 180 Å². The number of rotatable bonds is 40. The molecule has 0 rings (SSSR count). The van der Waals surface area contributed by atoms with E-state index in [0.29, 0.717) is 11.9 Å². The van der Waals surface area contributed by atoms with Gasteiger partial charge in [-0.2, -0.15) is 0 Å². The van der Waals surface area contributed by atoms with Crippen molar-refractivity contribution in [3.63, 3.8) is 0 Å². The van der Waals surface area contributed by atoms with E-state index in [-0.39, 0.29) is 5.92 Å². The Hall–Kier alpha value is -1.57. The highest BCUT2D eigenvalue weighted by atomic mass is 16.1. The van der Waals surface area contributed by atoms with Gasteiger partial charge in [0.2, 0.25) is 5.91 Å². The molecule has 0 aliphatic rings. The average Bonchev–Trinajstić information content (AvgIpc) is 3.13. The number of carbonyl (C=O) groups is 1. The summed E-state index contributed by atoms with van der Waals surface area (Å²) >= 11 is 0. The molecule has 0 saturated carbocycles. The number of carbonyl (C=O) groups excluding carboxylic acids is 1. The van der Waals surface area contributed by atoms with Crippen LogP contribution in [0.3, 0.4) is 0 Å². The molecule has 0 aliphatic carbocycles. The molecule has 1 amide bonds. The lowest BCUT2D eigenvalue weighted by atomic mass is 9.95. The van der Waals surface area contributed by atoms with Crippen LogP contribution in [0.15, 0.2) is 48.6 Å². The second kappa shape index (κ2) is 42.8. The molecule has 0 radical (unpaired) electrons. The van der Waals surface area contributed by atoms with Gasteiger partial charge in [0.15, 0.2) is 0 Å². The number of allylic oxidation sites excluding steroid dienone is 8. The second-order valence-electron chi connectivity index (χ2n) is 15.6. The Bertz CT molecular complexity index is 807. The fraction of sp³-hybridized carbons (Fsp3) is 0.816. The molecule has 0 fully saturated rings. The number of hydrogen-bond donors (Lipinski definition) is 1. The molecule has 0 aromatic rings. The van der Waals surface area contributed by atoms with Crippen molar-refractivity contribution < 1.29 is 4.79 Å². The second-order valence-corrected chi connectivity index (χ2v) is 15.6. The highest BCUT2D eigenvalue weighted by Crippen LogP contribution is 2.19. The van der Waals surface area contributed by atoms with Crippen molar-refractivity contribution in [2.45, 2.75) is 252 Å². The van der Waals surface area contributed by atoms with E-state index < -0.39 is 0 Å². The first-order chi connectivity index (χ1) is 25.2. The minimum absolute atomic E-state index is 0.200. The van der Waals surface area contributed by atoms with Gasteiger partial charge >= 0.3 is 0 Å². The maximum absolute atomic E-state index is 13.2. The summed E-state index contributed by atoms with van der Waals surface area (Å²) < 4.78 is 0. The van der Waals surface area contributed by atoms with E-state index in [1.54, 1.807) is 0 Å². The predicted octanol–water partition coefficient (Wildman–Crippen LogP) is 16.7. The largest absolute Gasteiger partial charge is 0.353 e. The number of nitrogens with one attached hydrogen (secondary N) is 1. The third-order valence-corrected chi connectivity index (χ3v) is 10.6. The highest BCUT2D eigenvalue weighted by molar-refractivity contribution is 5.78. The Kier molecular flexibility index (Phi) is 41.5. The van der Waals surface area contributed by atoms with Gasteiger partial charge in [-0.25, -0.2) is 0 Å². The van der Waals surface area contributed by atoms with Crippen molar-refractivity contribution in [2.75, 3.05) is 0 Å². The molecule has 0 bridgehead atoms. The van der Waals surface area contributed by atoms with Gasteiger partial charge in [-0.05, 0) is 89.9 Å². The quantitative estimate of drug-likeness (QED) is 0.0498. The molecule has 0 spiro atoms. The number of hydrogen-bond acceptors (Lipinski definition) is 1. The van der Waals surface area contributed by atoms with Gasteiger partial charge in [0, 0.05) is 12.0 Å². The summed E-state index contributed by atoms with van der Waals surface area (Å²) in [6, 6.07) is 0.371. The normalized spacial score (nSPS) is 13.4. The molecule has 51 heavy (non-hydrogen) atoms. The van der Waals surface area contributed by atoms with Gasteiger partial charge in [-0.15, -0.1) is 0 Å². The van der Waals surface area contributed by atoms with Crippen LogP contribution in [-0.2, 0) is 4.79 Å². The zero-order valence-corrected chi connectivity index (χ0v) is 35.2. The summed E-state index contributed by atoms with van der Waals surface area (Å²) in [5.41, 5.74) is 0. The minimum Gasteiger partial charge on any atom is -0.353 e. The maximum Gasteiger partial charge on any atom is 0.223 e. The average molecular weight is 710 g/mol. The van der Waals surface area contributed by atoms with Crippen molar-refractivity contribution in [1.82, 2.24) is 5.32 Å². The van der Waals surface area contributed by atoms with Crippen molar-refractivity contribution in [1.29, 1.82) is 0 Å². The van der Waals surface area contributed by atoms with Gasteiger partial charge in [-0.3, -0.25) is 4.79 Å². The Morgan fingerprint density at radius 2 is 0.706 bits per heavy atom. The van der Waals surface area contributed by atoms with E-state index >= 15 is 0 Å². The van der Waals surface area contributed by atoms with Crippen LogP contribution in [0.2, 0.25) is 0 Å². The van der Waals surface area contributed by atoms with Crippen molar-refractivity contribution in [3.05, 3.63) is 48.6 Å². The summed E-state index contributed by atoms with van der Waals surface area (Å²) in [5, 5.41) is 3.54. The van der Waals surface area contributed by atoms with Crippen LogP contribution in [0.25, 0.3) is 0 Å². The smallest absolute Gasteiger partial charge is 0.223 e. The van der Waals surface area contributed by atoms with Crippen LogP contribution in [0.5, 0.6) is 0 Å². The Balaban J connectivity index is 4.17. The van der Waals surface area contributed by atoms with E-state index in [4.69, 9.17) is 0 Å². The first-order valence-electron chi connectivity index (χ1n) is 23.1. The highest BCUT2D eigenvalue weighted by Gasteiger charge is 2.19. The van der Waals surface area contributed by atoms with Crippen molar-refractivity contribution in [3.8, 4) is 0 Å². The zero-order chi connectivity index (χ0) is 37.1. The fourth-order valence-corrected chi connectivity index (χ4v) is 7.06. The van der Waals surface area contributed by atoms with Crippen LogP contribution in [0.1, 0.15) is 246 Å². The first-order valence-corrected chi connectivity index (χ1v) is 23.1. The first kappa shape index (κ1) is 49.4. The maximum atomic E-state index is 13.2. The van der Waals surface area contributed by atoms with Crippen molar-refractivity contribution in [2.24, 2.45) is 5.92 Å². The molecule has 0 aromatic heterocycles. The molecule has 2 unspecified atom stereocenters. The molecule has 0 saturated heterocycles. The van der Waals surface area contributed by atoms with Crippen LogP contribution >= 0.6 is 0 Å². The molecule has 2 heteroatoms. The summed E-state index contributed by atoms with van der Waals surface area (Å²) in [7, 11) is 0.